The molecule has 0 atom stereocenters. The van der Waals surface area contributed by atoms with Crippen LogP contribution in [0.15, 0.2) is 66.7 Å². The highest BCUT2D eigenvalue weighted by Crippen LogP contribution is 2.35. The zero-order valence-electron chi connectivity index (χ0n) is 21.5. The summed E-state index contributed by atoms with van der Waals surface area (Å²) in [5.74, 6) is -0.715. The van der Waals surface area contributed by atoms with E-state index in [0.29, 0.717) is 27.7 Å². The van der Waals surface area contributed by atoms with Crippen LogP contribution >= 0.6 is 23.2 Å². The first-order chi connectivity index (χ1) is 19.0. The quantitative estimate of drug-likeness (QED) is 0.246. The molecule has 0 aliphatic heterocycles. The second kappa shape index (κ2) is 12.1. The second-order valence-corrected chi connectivity index (χ2v) is 9.76. The van der Waals surface area contributed by atoms with Crippen molar-refractivity contribution >= 4 is 51.6 Å². The van der Waals surface area contributed by atoms with Crippen LogP contribution in [-0.4, -0.2) is 30.4 Å². The SMILES string of the molecule is Cc1nc2ccccc2cc1OCc1c(Cl)ccc(N(C)C(=O)CNC(=O)Cc2ccccc2C(F)(F)F)c1Cl. The molecule has 1 aromatic heterocycles. The highest BCUT2D eigenvalue weighted by atomic mass is 35.5. The molecule has 4 aromatic rings. The Labute approximate surface area is 238 Å². The molecule has 0 fully saturated rings. The number of amides is 2. The van der Waals surface area contributed by atoms with Gasteiger partial charge in [-0.15, -0.1) is 0 Å². The van der Waals surface area contributed by atoms with Crippen LogP contribution in [0.4, 0.5) is 18.9 Å². The van der Waals surface area contributed by atoms with Gasteiger partial charge in [0.15, 0.2) is 0 Å². The summed E-state index contributed by atoms with van der Waals surface area (Å²) in [6, 6.07) is 17.4. The molecule has 0 bridgehead atoms. The van der Waals surface area contributed by atoms with Crippen LogP contribution in [0.1, 0.15) is 22.4 Å². The number of ether oxygens (including phenoxy) is 1. The molecule has 1 N–H and O–H groups in total. The van der Waals surface area contributed by atoms with E-state index >= 15 is 0 Å². The van der Waals surface area contributed by atoms with Crippen molar-refractivity contribution in [2.45, 2.75) is 26.1 Å². The normalized spacial score (nSPS) is 11.4. The summed E-state index contributed by atoms with van der Waals surface area (Å²) in [5, 5.41) is 3.79. The maximum atomic E-state index is 13.2. The molecule has 0 unspecified atom stereocenters. The number of hydrogen-bond donors (Lipinski definition) is 1. The number of alkyl halides is 3. The van der Waals surface area contributed by atoms with Gasteiger partial charge in [-0.2, -0.15) is 13.2 Å². The topological polar surface area (TPSA) is 71.5 Å². The molecule has 0 spiro atoms. The molecule has 0 aliphatic rings. The van der Waals surface area contributed by atoms with E-state index in [-0.39, 0.29) is 17.2 Å². The van der Waals surface area contributed by atoms with Gasteiger partial charge in [0.05, 0.1) is 40.4 Å². The van der Waals surface area contributed by atoms with Gasteiger partial charge in [-0.1, -0.05) is 59.6 Å². The Balaban J connectivity index is 1.42. The Hall–Kier alpha value is -3.82. The predicted octanol–water partition coefficient (Wildman–Crippen LogP) is 6.77. The minimum absolute atomic E-state index is 0.00372. The van der Waals surface area contributed by atoms with Crippen LogP contribution in [0.5, 0.6) is 5.75 Å². The van der Waals surface area contributed by atoms with Crippen LogP contribution < -0.4 is 15.0 Å². The average Bonchev–Trinajstić information content (AvgIpc) is 2.91. The first-order valence-corrected chi connectivity index (χ1v) is 12.9. The lowest BCUT2D eigenvalue weighted by Gasteiger charge is -2.21. The van der Waals surface area contributed by atoms with E-state index in [4.69, 9.17) is 27.9 Å². The molecule has 0 radical (unpaired) electrons. The molecule has 1 heterocycles. The minimum Gasteiger partial charge on any atom is -0.487 e. The summed E-state index contributed by atoms with van der Waals surface area (Å²) in [7, 11) is 1.46. The number of nitrogens with one attached hydrogen (secondary N) is 1. The van der Waals surface area contributed by atoms with Gasteiger partial charge in [-0.3, -0.25) is 9.59 Å². The van der Waals surface area contributed by atoms with Crippen molar-refractivity contribution in [3.8, 4) is 5.75 Å². The number of benzene rings is 3. The average molecular weight is 590 g/mol. The molecule has 0 aliphatic carbocycles. The lowest BCUT2D eigenvalue weighted by molar-refractivity contribution is -0.138. The number of carbonyl (C=O) groups is 2. The van der Waals surface area contributed by atoms with Gasteiger partial charge < -0.3 is 15.0 Å². The lowest BCUT2D eigenvalue weighted by atomic mass is 10.0. The number of hydrogen-bond acceptors (Lipinski definition) is 4. The van der Waals surface area contributed by atoms with Crippen molar-refractivity contribution in [2.24, 2.45) is 0 Å². The van der Waals surface area contributed by atoms with E-state index in [1.807, 2.05) is 37.3 Å². The number of anilines is 1. The largest absolute Gasteiger partial charge is 0.487 e. The number of para-hydroxylation sites is 1. The number of likely N-dealkylation sites (N-methyl/N-ethyl adjacent to an activating group) is 1. The van der Waals surface area contributed by atoms with E-state index in [9.17, 15) is 22.8 Å². The van der Waals surface area contributed by atoms with Gasteiger partial charge in [0.2, 0.25) is 11.8 Å². The van der Waals surface area contributed by atoms with E-state index in [1.165, 1.54) is 30.1 Å². The summed E-state index contributed by atoms with van der Waals surface area (Å²) in [6.45, 7) is 1.38. The molecule has 40 heavy (non-hydrogen) atoms. The van der Waals surface area contributed by atoms with E-state index in [0.717, 1.165) is 17.0 Å². The number of aromatic nitrogens is 1. The first-order valence-electron chi connectivity index (χ1n) is 12.1. The number of nitrogens with zero attached hydrogens (tertiary/aromatic N) is 2. The third kappa shape index (κ3) is 6.66. The molecule has 0 saturated heterocycles. The van der Waals surface area contributed by atoms with Crippen molar-refractivity contribution in [2.75, 3.05) is 18.5 Å². The Morgan fingerprint density at radius 2 is 1.73 bits per heavy atom. The predicted molar refractivity (Wildman–Crippen MR) is 149 cm³/mol. The van der Waals surface area contributed by atoms with Crippen molar-refractivity contribution < 1.29 is 27.5 Å². The van der Waals surface area contributed by atoms with E-state index in [1.54, 1.807) is 12.1 Å². The molecular formula is C29H24Cl2F3N3O3. The van der Waals surface area contributed by atoms with Crippen molar-refractivity contribution in [3.63, 3.8) is 0 Å². The molecule has 2 amide bonds. The monoisotopic (exact) mass is 589 g/mol. The zero-order valence-corrected chi connectivity index (χ0v) is 23.0. The number of pyridine rings is 1. The fourth-order valence-electron chi connectivity index (χ4n) is 4.08. The third-order valence-corrected chi connectivity index (χ3v) is 7.03. The summed E-state index contributed by atoms with van der Waals surface area (Å²) < 4.78 is 45.6. The van der Waals surface area contributed by atoms with Crippen molar-refractivity contribution in [1.82, 2.24) is 10.3 Å². The fraction of sp³-hybridized carbons (Fsp3) is 0.207. The summed E-state index contributed by atoms with van der Waals surface area (Å²) in [4.78, 5) is 30.9. The zero-order chi connectivity index (χ0) is 29.0. The molecule has 6 nitrogen and oxygen atoms in total. The Morgan fingerprint density at radius 1 is 1.02 bits per heavy atom. The number of fused-ring (bicyclic) bond motifs is 1. The molecule has 11 heteroatoms. The number of carbonyl (C=O) groups excluding carboxylic acids is 2. The maximum absolute atomic E-state index is 13.2. The van der Waals surface area contributed by atoms with Crippen LogP contribution in [-0.2, 0) is 28.8 Å². The number of rotatable bonds is 8. The van der Waals surface area contributed by atoms with Gasteiger partial charge in [0, 0.05) is 23.0 Å². The molecule has 3 aromatic carbocycles. The van der Waals surface area contributed by atoms with Gasteiger partial charge >= 0.3 is 6.18 Å². The molecule has 208 valence electrons. The van der Waals surface area contributed by atoms with Gasteiger partial charge in [0.25, 0.3) is 0 Å². The molecule has 4 rings (SSSR count). The lowest BCUT2D eigenvalue weighted by Crippen LogP contribution is -2.39. The fourth-order valence-corrected chi connectivity index (χ4v) is 4.69. The van der Waals surface area contributed by atoms with Crippen LogP contribution in [0, 0.1) is 6.92 Å². The van der Waals surface area contributed by atoms with Gasteiger partial charge in [-0.25, -0.2) is 4.98 Å². The van der Waals surface area contributed by atoms with Crippen LogP contribution in [0.25, 0.3) is 10.9 Å². The molecular weight excluding hydrogens is 566 g/mol. The highest BCUT2D eigenvalue weighted by molar-refractivity contribution is 6.38. The first kappa shape index (κ1) is 29.2. The summed E-state index contributed by atoms with van der Waals surface area (Å²) in [6.07, 6.45) is -5.12. The Bertz CT molecular complexity index is 1580. The third-order valence-electron chi connectivity index (χ3n) is 6.25. The number of halogens is 5. The Morgan fingerprint density at radius 3 is 2.48 bits per heavy atom. The molecule has 0 saturated carbocycles. The highest BCUT2D eigenvalue weighted by Gasteiger charge is 2.33. The van der Waals surface area contributed by atoms with Crippen LogP contribution in [0.3, 0.4) is 0 Å². The summed E-state index contributed by atoms with van der Waals surface area (Å²) in [5.41, 5.74) is 1.20. The van der Waals surface area contributed by atoms with Crippen LogP contribution in [0.2, 0.25) is 10.0 Å². The van der Waals surface area contributed by atoms with E-state index < -0.39 is 36.5 Å². The number of aryl methyl sites for hydroxylation is 1. The Kier molecular flexibility index (Phi) is 8.85. The second-order valence-electron chi connectivity index (χ2n) is 8.97. The van der Waals surface area contributed by atoms with Crippen molar-refractivity contribution in [3.05, 3.63) is 99.2 Å². The smallest absolute Gasteiger partial charge is 0.416 e. The van der Waals surface area contributed by atoms with Gasteiger partial charge in [0.1, 0.15) is 12.4 Å². The maximum Gasteiger partial charge on any atom is 0.416 e. The van der Waals surface area contributed by atoms with E-state index in [2.05, 4.69) is 10.3 Å². The minimum atomic E-state index is -4.59. The standard InChI is InChI=1S/C29H24Cl2F3N3O3/c1-17-25(13-19-8-4-6-10-23(19)36-17)40-16-20-22(30)11-12-24(28(20)31)37(2)27(39)15-35-26(38)14-18-7-3-5-9-21(18)29(32,33)34/h3-13H,14-16H2,1-2H3,(H,35,38). The van der Waals surface area contributed by atoms with Crippen molar-refractivity contribution in [1.29, 1.82) is 0 Å². The van der Waals surface area contributed by atoms with Gasteiger partial charge in [-0.05, 0) is 42.8 Å². The summed E-state index contributed by atoms with van der Waals surface area (Å²) >= 11 is 13.0.